The molecule has 1 aliphatic rings. The first kappa shape index (κ1) is 11.3. The van der Waals surface area contributed by atoms with Crippen LogP contribution < -0.4 is 4.90 Å². The number of anilines is 1. The highest BCUT2D eigenvalue weighted by atomic mass is 16.3. The van der Waals surface area contributed by atoms with Crippen LogP contribution in [-0.4, -0.2) is 34.3 Å². The average molecular weight is 221 g/mol. The van der Waals surface area contributed by atoms with E-state index in [1.54, 1.807) is 0 Å². The first-order chi connectivity index (χ1) is 7.81. The smallest absolute Gasteiger partial charge is 0.225 e. The van der Waals surface area contributed by atoms with Crippen LogP contribution in [0, 0.1) is 6.92 Å². The first-order valence-corrected chi connectivity index (χ1v) is 5.97. The van der Waals surface area contributed by atoms with Crippen LogP contribution in [0.15, 0.2) is 12.4 Å². The number of rotatable bonds is 5. The molecule has 0 spiro atoms. The van der Waals surface area contributed by atoms with E-state index < -0.39 is 0 Å². The Hall–Kier alpha value is -1.16. The van der Waals surface area contributed by atoms with Gasteiger partial charge in [-0.15, -0.1) is 0 Å². The van der Waals surface area contributed by atoms with Crippen molar-refractivity contribution in [3.05, 3.63) is 18.0 Å². The van der Waals surface area contributed by atoms with Crippen LogP contribution in [0.5, 0.6) is 0 Å². The first-order valence-electron chi connectivity index (χ1n) is 5.97. The molecule has 0 aromatic carbocycles. The Morgan fingerprint density at radius 3 is 2.56 bits per heavy atom. The highest BCUT2D eigenvalue weighted by molar-refractivity contribution is 5.32. The minimum atomic E-state index is 0.231. The summed E-state index contributed by atoms with van der Waals surface area (Å²) in [6.45, 7) is 3.07. The summed E-state index contributed by atoms with van der Waals surface area (Å²) in [6, 6.07) is 0.578. The second-order valence-corrected chi connectivity index (χ2v) is 4.42. The predicted octanol–water partition coefficient (Wildman–Crippen LogP) is 1.53. The van der Waals surface area contributed by atoms with Crippen molar-refractivity contribution in [1.82, 2.24) is 9.97 Å². The monoisotopic (exact) mass is 221 g/mol. The molecular formula is C12H19N3O. The lowest BCUT2D eigenvalue weighted by Gasteiger charge is -2.37. The fraction of sp³-hybridized carbons (Fsp3) is 0.667. The zero-order chi connectivity index (χ0) is 11.4. The molecule has 88 valence electrons. The normalized spacial score (nSPS) is 15.9. The molecule has 0 atom stereocenters. The third-order valence-corrected chi connectivity index (χ3v) is 3.10. The van der Waals surface area contributed by atoms with E-state index in [0.29, 0.717) is 6.04 Å². The Kier molecular flexibility index (Phi) is 3.72. The van der Waals surface area contributed by atoms with E-state index in [-0.39, 0.29) is 6.61 Å². The lowest BCUT2D eigenvalue weighted by atomic mass is 9.91. The van der Waals surface area contributed by atoms with E-state index in [9.17, 15) is 0 Å². The van der Waals surface area contributed by atoms with Crippen LogP contribution in [0.4, 0.5) is 5.95 Å². The van der Waals surface area contributed by atoms with E-state index in [4.69, 9.17) is 5.11 Å². The van der Waals surface area contributed by atoms with Gasteiger partial charge in [-0.05, 0) is 38.2 Å². The molecule has 2 rings (SSSR count). The summed E-state index contributed by atoms with van der Waals surface area (Å²) in [5, 5.41) is 8.91. The Balaban J connectivity index is 2.07. The summed E-state index contributed by atoms with van der Waals surface area (Å²) in [5.41, 5.74) is 1.08. The van der Waals surface area contributed by atoms with E-state index in [0.717, 1.165) is 24.5 Å². The number of aliphatic hydroxyl groups is 1. The second-order valence-electron chi connectivity index (χ2n) is 4.42. The van der Waals surface area contributed by atoms with Gasteiger partial charge in [0, 0.05) is 31.6 Å². The molecule has 1 aliphatic carbocycles. The summed E-state index contributed by atoms with van der Waals surface area (Å²) in [6.07, 6.45) is 8.24. The Morgan fingerprint density at radius 2 is 2.06 bits per heavy atom. The number of hydrogen-bond acceptors (Lipinski definition) is 4. The Labute approximate surface area is 96.3 Å². The van der Waals surface area contributed by atoms with Gasteiger partial charge in [0.05, 0.1) is 0 Å². The minimum absolute atomic E-state index is 0.231. The van der Waals surface area contributed by atoms with Crippen molar-refractivity contribution in [2.75, 3.05) is 18.1 Å². The predicted molar refractivity (Wildman–Crippen MR) is 63.5 cm³/mol. The van der Waals surface area contributed by atoms with Crippen molar-refractivity contribution in [2.24, 2.45) is 0 Å². The van der Waals surface area contributed by atoms with E-state index in [1.165, 1.54) is 19.3 Å². The van der Waals surface area contributed by atoms with Gasteiger partial charge in [0.15, 0.2) is 0 Å². The van der Waals surface area contributed by atoms with Crippen LogP contribution in [0.2, 0.25) is 0 Å². The topological polar surface area (TPSA) is 49.2 Å². The van der Waals surface area contributed by atoms with Crippen molar-refractivity contribution in [3.8, 4) is 0 Å². The highest BCUT2D eigenvalue weighted by Crippen LogP contribution is 2.27. The molecule has 4 nitrogen and oxygen atoms in total. The van der Waals surface area contributed by atoms with Crippen LogP contribution in [-0.2, 0) is 0 Å². The van der Waals surface area contributed by atoms with E-state index in [2.05, 4.69) is 14.9 Å². The molecule has 1 aromatic rings. The van der Waals surface area contributed by atoms with Gasteiger partial charge in [-0.2, -0.15) is 0 Å². The molecule has 0 bridgehead atoms. The zero-order valence-corrected chi connectivity index (χ0v) is 9.76. The van der Waals surface area contributed by atoms with Crippen molar-refractivity contribution >= 4 is 5.95 Å². The average Bonchev–Trinajstić information content (AvgIpc) is 2.23. The fourth-order valence-electron chi connectivity index (χ4n) is 1.92. The van der Waals surface area contributed by atoms with Gasteiger partial charge in [0.2, 0.25) is 5.95 Å². The van der Waals surface area contributed by atoms with Gasteiger partial charge in [0.25, 0.3) is 0 Å². The molecule has 4 heteroatoms. The van der Waals surface area contributed by atoms with Crippen molar-refractivity contribution in [2.45, 2.75) is 38.6 Å². The van der Waals surface area contributed by atoms with Gasteiger partial charge in [-0.1, -0.05) is 0 Å². The zero-order valence-electron chi connectivity index (χ0n) is 9.76. The number of aliphatic hydroxyl groups excluding tert-OH is 1. The summed E-state index contributed by atoms with van der Waals surface area (Å²) < 4.78 is 0. The van der Waals surface area contributed by atoms with Gasteiger partial charge in [-0.25, -0.2) is 9.97 Å². The SMILES string of the molecule is Cc1cnc(N(CCCO)C2CCC2)nc1. The molecule has 1 fully saturated rings. The second kappa shape index (κ2) is 5.25. The summed E-state index contributed by atoms with van der Waals surface area (Å²) in [5.74, 6) is 0.809. The molecule has 0 radical (unpaired) electrons. The molecule has 0 aliphatic heterocycles. The van der Waals surface area contributed by atoms with Crippen LogP contribution >= 0.6 is 0 Å². The summed E-state index contributed by atoms with van der Waals surface area (Å²) in [4.78, 5) is 11.0. The number of aryl methyl sites for hydroxylation is 1. The number of hydrogen-bond donors (Lipinski definition) is 1. The maximum absolute atomic E-state index is 8.91. The largest absolute Gasteiger partial charge is 0.396 e. The fourth-order valence-corrected chi connectivity index (χ4v) is 1.92. The van der Waals surface area contributed by atoms with Gasteiger partial charge in [0.1, 0.15) is 0 Å². The van der Waals surface area contributed by atoms with Crippen molar-refractivity contribution < 1.29 is 5.11 Å². The Bertz CT molecular complexity index is 322. The Morgan fingerprint density at radius 1 is 1.38 bits per heavy atom. The number of aromatic nitrogens is 2. The van der Waals surface area contributed by atoms with Crippen molar-refractivity contribution in [1.29, 1.82) is 0 Å². The van der Waals surface area contributed by atoms with Crippen LogP contribution in [0.3, 0.4) is 0 Å². The molecule has 16 heavy (non-hydrogen) atoms. The maximum atomic E-state index is 8.91. The maximum Gasteiger partial charge on any atom is 0.225 e. The van der Waals surface area contributed by atoms with Crippen LogP contribution in [0.1, 0.15) is 31.2 Å². The summed E-state index contributed by atoms with van der Waals surface area (Å²) >= 11 is 0. The quantitative estimate of drug-likeness (QED) is 0.819. The van der Waals surface area contributed by atoms with Gasteiger partial charge in [-0.3, -0.25) is 0 Å². The third-order valence-electron chi connectivity index (χ3n) is 3.10. The number of nitrogens with zero attached hydrogens (tertiary/aromatic N) is 3. The molecule has 1 N–H and O–H groups in total. The van der Waals surface area contributed by atoms with E-state index >= 15 is 0 Å². The molecular weight excluding hydrogens is 202 g/mol. The molecule has 0 amide bonds. The van der Waals surface area contributed by atoms with Crippen LogP contribution in [0.25, 0.3) is 0 Å². The standard InChI is InChI=1S/C12H19N3O/c1-10-8-13-12(14-9-10)15(6-3-7-16)11-4-2-5-11/h8-9,11,16H,2-7H2,1H3. The van der Waals surface area contributed by atoms with Gasteiger partial charge < -0.3 is 10.0 Å². The van der Waals surface area contributed by atoms with Gasteiger partial charge >= 0.3 is 0 Å². The van der Waals surface area contributed by atoms with E-state index in [1.807, 2.05) is 19.3 Å². The molecule has 1 heterocycles. The lowest BCUT2D eigenvalue weighted by Crippen LogP contribution is -2.42. The lowest BCUT2D eigenvalue weighted by molar-refractivity contribution is 0.282. The minimum Gasteiger partial charge on any atom is -0.396 e. The highest BCUT2D eigenvalue weighted by Gasteiger charge is 2.26. The summed E-state index contributed by atoms with van der Waals surface area (Å²) in [7, 11) is 0. The molecule has 0 saturated heterocycles. The molecule has 1 saturated carbocycles. The van der Waals surface area contributed by atoms with Crippen molar-refractivity contribution in [3.63, 3.8) is 0 Å². The third kappa shape index (κ3) is 2.50. The molecule has 0 unspecified atom stereocenters. The molecule has 1 aromatic heterocycles.